The molecule has 1 N–H and O–H groups in total. The van der Waals surface area contributed by atoms with E-state index in [1.54, 1.807) is 36.9 Å². The van der Waals surface area contributed by atoms with Gasteiger partial charge in [0.05, 0.1) is 5.69 Å². The van der Waals surface area contributed by atoms with Crippen molar-refractivity contribution >= 4 is 5.91 Å². The minimum Gasteiger partial charge on any atom is -0.348 e. The van der Waals surface area contributed by atoms with Gasteiger partial charge in [-0.05, 0) is 40.3 Å². The molecule has 1 aromatic carbocycles. The smallest absolute Gasteiger partial charge is 0.251 e. The third kappa shape index (κ3) is 3.31. The van der Waals surface area contributed by atoms with Crippen molar-refractivity contribution in [2.24, 2.45) is 0 Å². The van der Waals surface area contributed by atoms with Gasteiger partial charge in [0.15, 0.2) is 0 Å². The van der Waals surface area contributed by atoms with Gasteiger partial charge >= 0.3 is 0 Å². The number of hydrogen-bond acceptors (Lipinski definition) is 6. The molecule has 1 amide bonds. The predicted molar refractivity (Wildman–Crippen MR) is 91.7 cm³/mol. The SMILES string of the molecule is O=C(NCc1ccc(-n2ccnc2)nc1)c1cccc(-n2cnnn2)c1. The molecule has 0 radical (unpaired) electrons. The zero-order valence-electron chi connectivity index (χ0n) is 13.6. The lowest BCUT2D eigenvalue weighted by Gasteiger charge is -2.07. The summed E-state index contributed by atoms with van der Waals surface area (Å²) >= 11 is 0. The summed E-state index contributed by atoms with van der Waals surface area (Å²) < 4.78 is 3.31. The van der Waals surface area contributed by atoms with Gasteiger partial charge in [0, 0.05) is 30.7 Å². The second kappa shape index (κ2) is 6.93. The lowest BCUT2D eigenvalue weighted by atomic mass is 10.2. The van der Waals surface area contributed by atoms with Gasteiger partial charge in [0.2, 0.25) is 0 Å². The Hall–Kier alpha value is -3.88. The predicted octanol–water partition coefficient (Wildman–Crippen LogP) is 1.17. The Bertz CT molecular complexity index is 994. The molecule has 9 heteroatoms. The maximum absolute atomic E-state index is 12.4. The molecule has 0 unspecified atom stereocenters. The van der Waals surface area contributed by atoms with Crippen LogP contribution < -0.4 is 5.32 Å². The maximum atomic E-state index is 12.4. The van der Waals surface area contributed by atoms with E-state index in [-0.39, 0.29) is 5.91 Å². The number of benzene rings is 1. The van der Waals surface area contributed by atoms with Crippen LogP contribution in [0.1, 0.15) is 15.9 Å². The Morgan fingerprint density at radius 2 is 2.12 bits per heavy atom. The molecule has 0 aliphatic rings. The number of pyridine rings is 1. The van der Waals surface area contributed by atoms with Gasteiger partial charge in [0.1, 0.15) is 18.5 Å². The summed E-state index contributed by atoms with van der Waals surface area (Å²) in [6, 6.07) is 10.9. The van der Waals surface area contributed by atoms with Crippen LogP contribution in [-0.4, -0.2) is 40.6 Å². The highest BCUT2D eigenvalue weighted by Crippen LogP contribution is 2.10. The van der Waals surface area contributed by atoms with Crippen molar-refractivity contribution in [3.8, 4) is 11.5 Å². The molecule has 3 heterocycles. The Balaban J connectivity index is 1.42. The van der Waals surface area contributed by atoms with E-state index in [0.717, 1.165) is 11.4 Å². The minimum atomic E-state index is -0.182. The van der Waals surface area contributed by atoms with Crippen molar-refractivity contribution in [1.82, 2.24) is 40.1 Å². The summed E-state index contributed by atoms with van der Waals surface area (Å²) in [5.41, 5.74) is 2.15. The maximum Gasteiger partial charge on any atom is 0.251 e. The van der Waals surface area contributed by atoms with Crippen LogP contribution in [0.25, 0.3) is 11.5 Å². The Kier molecular flexibility index (Phi) is 4.17. The van der Waals surface area contributed by atoms with Gasteiger partial charge in [-0.15, -0.1) is 5.10 Å². The number of tetrazole rings is 1. The number of amides is 1. The van der Waals surface area contributed by atoms with Crippen LogP contribution in [0.4, 0.5) is 0 Å². The molecular weight excluding hydrogens is 332 g/mol. The van der Waals surface area contributed by atoms with E-state index >= 15 is 0 Å². The molecule has 0 fully saturated rings. The topological polar surface area (TPSA) is 103 Å². The second-order valence-corrected chi connectivity index (χ2v) is 5.48. The molecule has 9 nitrogen and oxygen atoms in total. The van der Waals surface area contributed by atoms with Crippen molar-refractivity contribution in [3.63, 3.8) is 0 Å². The highest BCUT2D eigenvalue weighted by Gasteiger charge is 2.08. The monoisotopic (exact) mass is 346 g/mol. The Morgan fingerprint density at radius 1 is 1.15 bits per heavy atom. The van der Waals surface area contributed by atoms with Crippen LogP contribution in [0.5, 0.6) is 0 Å². The molecule has 128 valence electrons. The van der Waals surface area contributed by atoms with Gasteiger partial charge < -0.3 is 5.32 Å². The van der Waals surface area contributed by atoms with Gasteiger partial charge in [-0.3, -0.25) is 9.36 Å². The van der Waals surface area contributed by atoms with Crippen LogP contribution in [0.3, 0.4) is 0 Å². The molecule has 0 bridgehead atoms. The van der Waals surface area contributed by atoms with E-state index in [9.17, 15) is 4.79 Å². The van der Waals surface area contributed by atoms with Gasteiger partial charge in [-0.25, -0.2) is 14.6 Å². The van der Waals surface area contributed by atoms with Crippen LogP contribution in [-0.2, 0) is 6.54 Å². The van der Waals surface area contributed by atoms with Gasteiger partial charge in [-0.2, -0.15) is 0 Å². The fourth-order valence-corrected chi connectivity index (χ4v) is 2.42. The number of nitrogens with zero attached hydrogens (tertiary/aromatic N) is 7. The normalized spacial score (nSPS) is 10.6. The fraction of sp³-hybridized carbons (Fsp3) is 0.0588. The third-order valence-corrected chi connectivity index (χ3v) is 3.75. The lowest BCUT2D eigenvalue weighted by Crippen LogP contribution is -2.23. The van der Waals surface area contributed by atoms with Crippen molar-refractivity contribution in [3.05, 3.63) is 78.8 Å². The van der Waals surface area contributed by atoms with E-state index in [1.165, 1.54) is 11.0 Å². The molecule has 0 aliphatic heterocycles. The van der Waals surface area contributed by atoms with Crippen molar-refractivity contribution in [2.45, 2.75) is 6.54 Å². The summed E-state index contributed by atoms with van der Waals surface area (Å²) in [5, 5.41) is 13.9. The molecule has 0 aliphatic carbocycles. The minimum absolute atomic E-state index is 0.182. The molecular formula is C17H14N8O. The fourth-order valence-electron chi connectivity index (χ4n) is 2.42. The van der Waals surface area contributed by atoms with Crippen molar-refractivity contribution in [2.75, 3.05) is 0 Å². The summed E-state index contributed by atoms with van der Waals surface area (Å²) in [6.45, 7) is 0.380. The summed E-state index contributed by atoms with van der Waals surface area (Å²) in [4.78, 5) is 20.7. The first-order valence-electron chi connectivity index (χ1n) is 7.84. The first-order valence-corrected chi connectivity index (χ1v) is 7.84. The van der Waals surface area contributed by atoms with Gasteiger partial charge in [-0.1, -0.05) is 12.1 Å². The van der Waals surface area contributed by atoms with Crippen LogP contribution in [0.15, 0.2) is 67.6 Å². The van der Waals surface area contributed by atoms with Crippen LogP contribution in [0, 0.1) is 0 Å². The quantitative estimate of drug-likeness (QED) is 0.582. The number of aromatic nitrogens is 7. The molecule has 0 spiro atoms. The van der Waals surface area contributed by atoms with Crippen LogP contribution in [0.2, 0.25) is 0 Å². The highest BCUT2D eigenvalue weighted by atomic mass is 16.1. The number of carbonyl (C=O) groups excluding carboxylic acids is 1. The van der Waals surface area contributed by atoms with Crippen molar-refractivity contribution < 1.29 is 4.79 Å². The molecule has 0 atom stereocenters. The number of nitrogens with one attached hydrogen (secondary N) is 1. The average molecular weight is 346 g/mol. The summed E-state index contributed by atoms with van der Waals surface area (Å²) in [5.74, 6) is 0.588. The number of hydrogen-bond donors (Lipinski definition) is 1. The molecule has 4 aromatic rings. The second-order valence-electron chi connectivity index (χ2n) is 5.48. The molecule has 0 saturated carbocycles. The summed E-state index contributed by atoms with van der Waals surface area (Å²) in [6.07, 6.45) is 8.40. The summed E-state index contributed by atoms with van der Waals surface area (Å²) in [7, 11) is 0. The Morgan fingerprint density at radius 3 is 2.85 bits per heavy atom. The largest absolute Gasteiger partial charge is 0.348 e. The highest BCUT2D eigenvalue weighted by molar-refractivity contribution is 5.94. The Labute approximate surface area is 148 Å². The number of carbonyl (C=O) groups is 1. The molecule has 4 rings (SSSR count). The number of imidazole rings is 1. The molecule has 0 saturated heterocycles. The standard InChI is InChI=1S/C17H14N8O/c26-17(14-2-1-3-15(8-14)25-12-21-22-23-25)20-10-13-4-5-16(19-9-13)24-7-6-18-11-24/h1-9,11-12H,10H2,(H,20,26). The van der Waals surface area contributed by atoms with E-state index in [4.69, 9.17) is 0 Å². The van der Waals surface area contributed by atoms with Gasteiger partial charge in [0.25, 0.3) is 5.91 Å². The zero-order valence-corrected chi connectivity index (χ0v) is 13.6. The molecule has 3 aromatic heterocycles. The average Bonchev–Trinajstić information content (AvgIpc) is 3.40. The molecule has 26 heavy (non-hydrogen) atoms. The van der Waals surface area contributed by atoms with Crippen LogP contribution >= 0.6 is 0 Å². The van der Waals surface area contributed by atoms with E-state index in [1.807, 2.05) is 29.0 Å². The van der Waals surface area contributed by atoms with E-state index < -0.39 is 0 Å². The van der Waals surface area contributed by atoms with E-state index in [2.05, 4.69) is 30.8 Å². The first kappa shape index (κ1) is 15.6. The van der Waals surface area contributed by atoms with Crippen molar-refractivity contribution in [1.29, 1.82) is 0 Å². The lowest BCUT2D eigenvalue weighted by molar-refractivity contribution is 0.0951. The third-order valence-electron chi connectivity index (χ3n) is 3.75. The van der Waals surface area contributed by atoms with E-state index in [0.29, 0.717) is 17.8 Å². The number of rotatable bonds is 5. The zero-order chi connectivity index (χ0) is 17.8. The first-order chi connectivity index (χ1) is 12.8.